The van der Waals surface area contributed by atoms with Crippen molar-refractivity contribution in [2.24, 2.45) is 0 Å². The van der Waals surface area contributed by atoms with E-state index in [1.54, 1.807) is 24.3 Å². The number of nitrogens with one attached hydrogen (secondary N) is 1. The summed E-state index contributed by atoms with van der Waals surface area (Å²) in [4.78, 5) is 10.2. The second-order valence-electron chi connectivity index (χ2n) is 4.16. The third kappa shape index (κ3) is 3.88. The summed E-state index contributed by atoms with van der Waals surface area (Å²) < 4.78 is 5.51. The zero-order valence-electron chi connectivity index (χ0n) is 10.8. The second kappa shape index (κ2) is 6.42. The number of nitrogen functional groups attached to an aromatic ring is 1. The molecule has 0 bridgehead atoms. The predicted octanol–water partition coefficient (Wildman–Crippen LogP) is 2.67. The highest BCUT2D eigenvalue weighted by molar-refractivity contribution is 5.50. The number of nitro benzene ring substituents is 1. The Morgan fingerprint density at radius 2 is 2.00 bits per heavy atom. The molecule has 6 nitrogen and oxygen atoms in total. The third-order valence-electron chi connectivity index (χ3n) is 2.61. The first-order valence-corrected chi connectivity index (χ1v) is 6.12. The topological polar surface area (TPSA) is 90.4 Å². The Hall–Kier alpha value is -2.76. The van der Waals surface area contributed by atoms with Gasteiger partial charge >= 0.3 is 0 Å². The molecule has 0 aliphatic carbocycles. The normalized spacial score (nSPS) is 10.0. The molecule has 2 rings (SSSR count). The Bertz CT molecular complexity index is 602. The fraction of sp³-hybridized carbons (Fsp3) is 0.143. The summed E-state index contributed by atoms with van der Waals surface area (Å²) in [6.45, 7) is 0.974. The second-order valence-corrected chi connectivity index (χ2v) is 4.16. The maximum Gasteiger partial charge on any atom is 0.271 e. The van der Waals surface area contributed by atoms with Gasteiger partial charge in [-0.25, -0.2) is 0 Å². The van der Waals surface area contributed by atoms with Crippen molar-refractivity contribution in [3.8, 4) is 5.75 Å². The molecule has 0 heterocycles. The Morgan fingerprint density at radius 3 is 2.75 bits per heavy atom. The largest absolute Gasteiger partial charge is 0.492 e. The molecule has 0 fully saturated rings. The van der Waals surface area contributed by atoms with E-state index in [2.05, 4.69) is 5.32 Å². The van der Waals surface area contributed by atoms with Crippen LogP contribution in [0.25, 0.3) is 0 Å². The summed E-state index contributed by atoms with van der Waals surface area (Å²) in [7, 11) is 0. The molecule has 0 unspecified atom stereocenters. The number of nitrogens with two attached hydrogens (primary N) is 1. The van der Waals surface area contributed by atoms with Crippen LogP contribution in [-0.2, 0) is 0 Å². The Morgan fingerprint density at radius 1 is 1.20 bits per heavy atom. The molecule has 0 saturated carbocycles. The van der Waals surface area contributed by atoms with E-state index in [0.29, 0.717) is 30.3 Å². The van der Waals surface area contributed by atoms with Gasteiger partial charge in [-0.05, 0) is 18.2 Å². The Kier molecular flexibility index (Phi) is 4.39. The first-order chi connectivity index (χ1) is 9.65. The molecule has 0 atom stereocenters. The van der Waals surface area contributed by atoms with Crippen molar-refractivity contribution in [3.05, 3.63) is 58.6 Å². The van der Waals surface area contributed by atoms with Gasteiger partial charge in [0.05, 0.1) is 4.92 Å². The number of nitrogens with zero attached hydrogens (tertiary/aromatic N) is 1. The number of rotatable bonds is 6. The van der Waals surface area contributed by atoms with Crippen molar-refractivity contribution in [1.82, 2.24) is 0 Å². The fourth-order valence-corrected chi connectivity index (χ4v) is 1.70. The zero-order valence-corrected chi connectivity index (χ0v) is 10.8. The lowest BCUT2D eigenvalue weighted by Gasteiger charge is -2.08. The van der Waals surface area contributed by atoms with Gasteiger partial charge in [-0.1, -0.05) is 12.1 Å². The molecule has 0 aliphatic heterocycles. The van der Waals surface area contributed by atoms with Crippen molar-refractivity contribution in [2.75, 3.05) is 24.2 Å². The Balaban J connectivity index is 1.81. The highest BCUT2D eigenvalue weighted by Gasteiger charge is 2.04. The van der Waals surface area contributed by atoms with Gasteiger partial charge in [-0.2, -0.15) is 0 Å². The van der Waals surface area contributed by atoms with Gasteiger partial charge in [-0.15, -0.1) is 0 Å². The number of hydrogen-bond acceptors (Lipinski definition) is 5. The van der Waals surface area contributed by atoms with Crippen LogP contribution in [0.15, 0.2) is 48.5 Å². The zero-order chi connectivity index (χ0) is 14.4. The molecule has 0 aliphatic rings. The molecule has 0 amide bonds. The van der Waals surface area contributed by atoms with Crippen LogP contribution in [0.2, 0.25) is 0 Å². The van der Waals surface area contributed by atoms with Crippen LogP contribution in [0.1, 0.15) is 0 Å². The van der Waals surface area contributed by atoms with Crippen LogP contribution < -0.4 is 15.8 Å². The van der Waals surface area contributed by atoms with Crippen LogP contribution in [0.3, 0.4) is 0 Å². The number of non-ortho nitro benzene ring substituents is 1. The van der Waals surface area contributed by atoms with Gasteiger partial charge < -0.3 is 15.8 Å². The van der Waals surface area contributed by atoms with E-state index < -0.39 is 4.92 Å². The van der Waals surface area contributed by atoms with Crippen LogP contribution in [0.5, 0.6) is 5.75 Å². The average Bonchev–Trinajstić information content (AvgIpc) is 2.44. The first-order valence-electron chi connectivity index (χ1n) is 6.12. The summed E-state index contributed by atoms with van der Waals surface area (Å²) in [5.41, 5.74) is 7.04. The molecule has 0 saturated heterocycles. The van der Waals surface area contributed by atoms with E-state index in [4.69, 9.17) is 10.5 Å². The van der Waals surface area contributed by atoms with Crippen LogP contribution in [0, 0.1) is 10.1 Å². The summed E-state index contributed by atoms with van der Waals surface area (Å²) in [5, 5.41) is 13.7. The lowest BCUT2D eigenvalue weighted by molar-refractivity contribution is -0.384. The van der Waals surface area contributed by atoms with Gasteiger partial charge in [0.2, 0.25) is 0 Å². The standard InChI is InChI=1S/C14H15N3O3/c15-11-3-1-6-14(9-11)20-8-7-16-12-4-2-5-13(10-12)17(18)19/h1-6,9-10,16H,7-8,15H2. The quantitative estimate of drug-likeness (QED) is 0.365. The van der Waals surface area contributed by atoms with E-state index >= 15 is 0 Å². The molecule has 0 radical (unpaired) electrons. The summed E-state index contributed by atoms with van der Waals surface area (Å²) >= 11 is 0. The third-order valence-corrected chi connectivity index (χ3v) is 2.61. The van der Waals surface area contributed by atoms with Crippen LogP contribution in [0.4, 0.5) is 17.1 Å². The molecule has 2 aromatic rings. The molecule has 20 heavy (non-hydrogen) atoms. The smallest absolute Gasteiger partial charge is 0.271 e. The maximum atomic E-state index is 10.6. The monoisotopic (exact) mass is 273 g/mol. The SMILES string of the molecule is Nc1cccc(OCCNc2cccc([N+](=O)[O-])c2)c1. The summed E-state index contributed by atoms with van der Waals surface area (Å²) in [5.74, 6) is 0.700. The van der Waals surface area contributed by atoms with Gasteiger partial charge in [0, 0.05) is 36.1 Å². The molecule has 0 aromatic heterocycles. The van der Waals surface area contributed by atoms with Gasteiger partial charge in [0.25, 0.3) is 5.69 Å². The number of anilines is 2. The van der Waals surface area contributed by atoms with E-state index in [-0.39, 0.29) is 5.69 Å². The number of hydrogen-bond donors (Lipinski definition) is 2. The van der Waals surface area contributed by atoms with Crippen molar-refractivity contribution >= 4 is 17.1 Å². The maximum absolute atomic E-state index is 10.6. The minimum absolute atomic E-state index is 0.0618. The van der Waals surface area contributed by atoms with Gasteiger partial charge in [0.1, 0.15) is 12.4 Å². The van der Waals surface area contributed by atoms with E-state index in [9.17, 15) is 10.1 Å². The van der Waals surface area contributed by atoms with Crippen molar-refractivity contribution < 1.29 is 9.66 Å². The molecule has 6 heteroatoms. The molecule has 2 aromatic carbocycles. The van der Waals surface area contributed by atoms with E-state index in [1.807, 2.05) is 12.1 Å². The first kappa shape index (κ1) is 13.7. The molecular formula is C14H15N3O3. The number of benzene rings is 2. The van der Waals surface area contributed by atoms with Gasteiger partial charge in [-0.3, -0.25) is 10.1 Å². The van der Waals surface area contributed by atoms with Crippen molar-refractivity contribution in [1.29, 1.82) is 0 Å². The summed E-state index contributed by atoms with van der Waals surface area (Å²) in [6.07, 6.45) is 0. The van der Waals surface area contributed by atoms with Crippen molar-refractivity contribution in [3.63, 3.8) is 0 Å². The molecular weight excluding hydrogens is 258 g/mol. The van der Waals surface area contributed by atoms with Gasteiger partial charge in [0.15, 0.2) is 0 Å². The highest BCUT2D eigenvalue weighted by Crippen LogP contribution is 2.17. The minimum atomic E-state index is -0.422. The number of ether oxygens (including phenoxy) is 1. The Labute approximate surface area is 116 Å². The lowest BCUT2D eigenvalue weighted by Crippen LogP contribution is -2.11. The lowest BCUT2D eigenvalue weighted by atomic mass is 10.3. The van der Waals surface area contributed by atoms with Crippen LogP contribution >= 0.6 is 0 Å². The highest BCUT2D eigenvalue weighted by atomic mass is 16.6. The molecule has 0 spiro atoms. The molecule has 3 N–H and O–H groups in total. The summed E-state index contributed by atoms with van der Waals surface area (Å²) in [6, 6.07) is 13.5. The number of nitro groups is 1. The average molecular weight is 273 g/mol. The van der Waals surface area contributed by atoms with Crippen molar-refractivity contribution in [2.45, 2.75) is 0 Å². The van der Waals surface area contributed by atoms with Crippen LogP contribution in [-0.4, -0.2) is 18.1 Å². The van der Waals surface area contributed by atoms with E-state index in [1.165, 1.54) is 12.1 Å². The fourth-order valence-electron chi connectivity index (χ4n) is 1.70. The molecule has 104 valence electrons. The van der Waals surface area contributed by atoms with E-state index in [0.717, 1.165) is 0 Å². The predicted molar refractivity (Wildman–Crippen MR) is 77.9 cm³/mol. The minimum Gasteiger partial charge on any atom is -0.492 e.